The van der Waals surface area contributed by atoms with Gasteiger partial charge >= 0.3 is 18.1 Å². The van der Waals surface area contributed by atoms with Gasteiger partial charge in [-0.2, -0.15) is 0 Å². The normalized spacial score (nSPS) is 19.2. The molecule has 1 rings (SSSR count). The molecule has 1 fully saturated rings. The Labute approximate surface area is 84.9 Å². The van der Waals surface area contributed by atoms with Gasteiger partial charge in [0.2, 0.25) is 0 Å². The summed E-state index contributed by atoms with van der Waals surface area (Å²) in [5.74, 6) is -1.71. The van der Waals surface area contributed by atoms with E-state index in [1.54, 1.807) is 0 Å². The summed E-state index contributed by atoms with van der Waals surface area (Å²) in [6.07, 6.45) is -1.86. The van der Waals surface area contributed by atoms with E-state index in [4.69, 9.17) is 5.11 Å². The number of carbonyl (C=O) groups excluding carboxylic acids is 2. The predicted molar refractivity (Wildman–Crippen MR) is 44.0 cm³/mol. The Kier molecular flexibility index (Phi) is 3.90. The minimum absolute atomic E-state index is 0.0467. The second-order valence-electron chi connectivity index (χ2n) is 2.88. The van der Waals surface area contributed by atoms with Crippen LogP contribution in [0.3, 0.4) is 0 Å². The van der Waals surface area contributed by atoms with Gasteiger partial charge in [-0.3, -0.25) is 9.59 Å². The molecule has 1 N–H and O–H groups in total. The van der Waals surface area contributed by atoms with E-state index in [1.807, 2.05) is 0 Å². The SMILES string of the molecule is O=C(O)CCC(=O)OCC1COC(=O)O1. The molecule has 1 heterocycles. The quantitative estimate of drug-likeness (QED) is 0.644. The summed E-state index contributed by atoms with van der Waals surface area (Å²) in [6, 6.07) is 0. The predicted octanol–water partition coefficient (Wildman–Crippen LogP) is -0.0702. The third-order valence-corrected chi connectivity index (χ3v) is 1.62. The van der Waals surface area contributed by atoms with Gasteiger partial charge in [0.05, 0.1) is 12.8 Å². The van der Waals surface area contributed by atoms with Crippen LogP contribution < -0.4 is 0 Å². The average molecular weight is 218 g/mol. The Bertz CT molecular complexity index is 272. The van der Waals surface area contributed by atoms with Crippen LogP contribution in [0, 0.1) is 0 Å². The van der Waals surface area contributed by atoms with Crippen LogP contribution in [-0.4, -0.2) is 42.5 Å². The molecule has 0 bridgehead atoms. The van der Waals surface area contributed by atoms with Gasteiger partial charge in [0.15, 0.2) is 6.10 Å². The number of carboxylic acid groups (broad SMARTS) is 1. The number of cyclic esters (lactones) is 2. The Hall–Kier alpha value is -1.79. The maximum atomic E-state index is 10.9. The number of rotatable bonds is 5. The van der Waals surface area contributed by atoms with Crippen molar-refractivity contribution in [3.63, 3.8) is 0 Å². The number of hydrogen-bond donors (Lipinski definition) is 1. The summed E-state index contributed by atoms with van der Waals surface area (Å²) in [4.78, 5) is 31.5. The molecule has 0 aromatic rings. The van der Waals surface area contributed by atoms with Crippen LogP contribution in [0.2, 0.25) is 0 Å². The zero-order valence-electron chi connectivity index (χ0n) is 7.80. The molecular formula is C8H10O7. The van der Waals surface area contributed by atoms with Gasteiger partial charge in [-0.25, -0.2) is 4.79 Å². The number of aliphatic carboxylic acids is 1. The number of ether oxygens (including phenoxy) is 3. The van der Waals surface area contributed by atoms with Crippen molar-refractivity contribution < 1.29 is 33.7 Å². The first-order valence-corrected chi connectivity index (χ1v) is 4.29. The fraction of sp³-hybridized carbons (Fsp3) is 0.625. The van der Waals surface area contributed by atoms with Crippen molar-refractivity contribution in [3.05, 3.63) is 0 Å². The first-order chi connectivity index (χ1) is 7.08. The van der Waals surface area contributed by atoms with Crippen molar-refractivity contribution in [1.82, 2.24) is 0 Å². The molecule has 0 spiro atoms. The third-order valence-electron chi connectivity index (χ3n) is 1.62. The highest BCUT2D eigenvalue weighted by atomic mass is 16.8. The number of carboxylic acids is 1. The second-order valence-corrected chi connectivity index (χ2v) is 2.88. The Morgan fingerprint density at radius 2 is 2.20 bits per heavy atom. The van der Waals surface area contributed by atoms with Gasteiger partial charge < -0.3 is 19.3 Å². The molecule has 1 unspecified atom stereocenters. The molecule has 7 heteroatoms. The molecule has 1 saturated heterocycles. The molecule has 0 amide bonds. The van der Waals surface area contributed by atoms with Gasteiger partial charge in [-0.1, -0.05) is 0 Å². The molecule has 0 aromatic carbocycles. The van der Waals surface area contributed by atoms with E-state index < -0.39 is 24.2 Å². The summed E-state index contributed by atoms with van der Waals surface area (Å²) in [5, 5.41) is 8.28. The van der Waals surface area contributed by atoms with Crippen molar-refractivity contribution in [2.24, 2.45) is 0 Å². The summed E-state index contributed by atoms with van der Waals surface area (Å²) in [5.41, 5.74) is 0. The summed E-state index contributed by atoms with van der Waals surface area (Å²) in [6.45, 7) is -0.0603. The van der Waals surface area contributed by atoms with Crippen LogP contribution in [0.15, 0.2) is 0 Å². The smallest absolute Gasteiger partial charge is 0.481 e. The van der Waals surface area contributed by atoms with E-state index in [1.165, 1.54) is 0 Å². The summed E-state index contributed by atoms with van der Waals surface area (Å²) in [7, 11) is 0. The van der Waals surface area contributed by atoms with Crippen LogP contribution >= 0.6 is 0 Å². The standard InChI is InChI=1S/C8H10O7/c9-6(10)1-2-7(11)13-3-5-4-14-8(12)15-5/h5H,1-4H2,(H,9,10). The molecule has 0 radical (unpaired) electrons. The van der Waals surface area contributed by atoms with Gasteiger partial charge in [0, 0.05) is 0 Å². The molecule has 1 aliphatic rings. The number of hydrogen-bond acceptors (Lipinski definition) is 6. The van der Waals surface area contributed by atoms with Crippen molar-refractivity contribution in [2.45, 2.75) is 18.9 Å². The van der Waals surface area contributed by atoms with E-state index in [-0.39, 0.29) is 26.1 Å². The molecule has 0 aromatic heterocycles. The maximum Gasteiger partial charge on any atom is 0.508 e. The molecule has 0 aliphatic carbocycles. The van der Waals surface area contributed by atoms with Crippen LogP contribution in [-0.2, 0) is 23.8 Å². The van der Waals surface area contributed by atoms with E-state index in [0.717, 1.165) is 0 Å². The lowest BCUT2D eigenvalue weighted by Crippen LogP contribution is -2.21. The monoisotopic (exact) mass is 218 g/mol. The Morgan fingerprint density at radius 1 is 1.47 bits per heavy atom. The van der Waals surface area contributed by atoms with Crippen LogP contribution in [0.25, 0.3) is 0 Å². The zero-order chi connectivity index (χ0) is 11.3. The maximum absolute atomic E-state index is 10.9. The topological polar surface area (TPSA) is 99.1 Å². The zero-order valence-corrected chi connectivity index (χ0v) is 7.80. The van der Waals surface area contributed by atoms with E-state index in [9.17, 15) is 14.4 Å². The minimum atomic E-state index is -1.07. The molecular weight excluding hydrogens is 208 g/mol. The highest BCUT2D eigenvalue weighted by Gasteiger charge is 2.26. The first-order valence-electron chi connectivity index (χ1n) is 4.29. The lowest BCUT2D eigenvalue weighted by molar-refractivity contribution is -0.149. The largest absolute Gasteiger partial charge is 0.508 e. The molecule has 1 aliphatic heterocycles. The molecule has 15 heavy (non-hydrogen) atoms. The van der Waals surface area contributed by atoms with E-state index in [2.05, 4.69) is 14.2 Å². The fourth-order valence-corrected chi connectivity index (χ4v) is 0.914. The van der Waals surface area contributed by atoms with Gasteiger partial charge in [0.25, 0.3) is 0 Å². The number of carbonyl (C=O) groups is 3. The van der Waals surface area contributed by atoms with Gasteiger partial charge in [-0.05, 0) is 0 Å². The van der Waals surface area contributed by atoms with Crippen LogP contribution in [0.5, 0.6) is 0 Å². The van der Waals surface area contributed by atoms with E-state index >= 15 is 0 Å². The van der Waals surface area contributed by atoms with Crippen molar-refractivity contribution in [3.8, 4) is 0 Å². The molecule has 1 atom stereocenters. The third kappa shape index (κ3) is 4.30. The first kappa shape index (κ1) is 11.3. The minimum Gasteiger partial charge on any atom is -0.481 e. The van der Waals surface area contributed by atoms with Crippen LogP contribution in [0.4, 0.5) is 4.79 Å². The van der Waals surface area contributed by atoms with E-state index in [0.29, 0.717) is 0 Å². The Balaban J connectivity index is 2.11. The van der Waals surface area contributed by atoms with Crippen molar-refractivity contribution in [2.75, 3.05) is 13.2 Å². The summed E-state index contributed by atoms with van der Waals surface area (Å²) < 4.78 is 13.7. The van der Waals surface area contributed by atoms with Gasteiger partial charge in [-0.15, -0.1) is 0 Å². The van der Waals surface area contributed by atoms with Crippen molar-refractivity contribution in [1.29, 1.82) is 0 Å². The van der Waals surface area contributed by atoms with Crippen molar-refractivity contribution >= 4 is 18.1 Å². The highest BCUT2D eigenvalue weighted by molar-refractivity contribution is 5.76. The lowest BCUT2D eigenvalue weighted by atomic mass is 10.3. The lowest BCUT2D eigenvalue weighted by Gasteiger charge is -2.06. The average Bonchev–Trinajstić information content (AvgIpc) is 2.58. The molecule has 7 nitrogen and oxygen atoms in total. The second kappa shape index (κ2) is 5.18. The summed E-state index contributed by atoms with van der Waals surface area (Å²) >= 11 is 0. The highest BCUT2D eigenvalue weighted by Crippen LogP contribution is 2.06. The van der Waals surface area contributed by atoms with Gasteiger partial charge in [0.1, 0.15) is 13.2 Å². The molecule has 84 valence electrons. The number of esters is 1. The van der Waals surface area contributed by atoms with Crippen LogP contribution in [0.1, 0.15) is 12.8 Å². The fourth-order valence-electron chi connectivity index (χ4n) is 0.914. The Morgan fingerprint density at radius 3 is 2.73 bits per heavy atom. The molecule has 0 saturated carbocycles.